The second-order valence-corrected chi connectivity index (χ2v) is 4.36. The number of carbonyl (C=O) groups excluding carboxylic acids is 3. The molecule has 6 nitrogen and oxygen atoms in total. The predicted octanol–water partition coefficient (Wildman–Crippen LogP) is 0.418. The van der Waals surface area contributed by atoms with E-state index < -0.39 is 17.6 Å². The van der Waals surface area contributed by atoms with Gasteiger partial charge in [0.15, 0.2) is 0 Å². The number of aryl methyl sites for hydroxylation is 1. The highest BCUT2D eigenvalue weighted by Crippen LogP contribution is 2.29. The maximum absolute atomic E-state index is 11.9. The Morgan fingerprint density at radius 2 is 2.15 bits per heavy atom. The Labute approximate surface area is 116 Å². The van der Waals surface area contributed by atoms with Gasteiger partial charge in [-0.25, -0.2) is 0 Å². The van der Waals surface area contributed by atoms with Crippen molar-refractivity contribution in [3.63, 3.8) is 0 Å². The van der Waals surface area contributed by atoms with E-state index in [2.05, 4.69) is 5.32 Å². The van der Waals surface area contributed by atoms with Crippen molar-refractivity contribution in [1.82, 2.24) is 5.32 Å². The van der Waals surface area contributed by atoms with Crippen molar-refractivity contribution >= 4 is 23.3 Å². The molecule has 0 spiro atoms. The van der Waals surface area contributed by atoms with E-state index in [-0.39, 0.29) is 13.1 Å². The summed E-state index contributed by atoms with van der Waals surface area (Å²) in [6, 6.07) is 6.96. The maximum Gasteiger partial charge on any atom is 0.299 e. The van der Waals surface area contributed by atoms with Crippen LogP contribution in [0.1, 0.15) is 22.8 Å². The van der Waals surface area contributed by atoms with Crippen molar-refractivity contribution in [1.29, 1.82) is 5.26 Å². The number of anilines is 1. The Morgan fingerprint density at radius 3 is 2.80 bits per heavy atom. The van der Waals surface area contributed by atoms with Crippen LogP contribution in [0.15, 0.2) is 18.2 Å². The molecular weight excluding hydrogens is 258 g/mol. The highest BCUT2D eigenvalue weighted by atomic mass is 16.2. The van der Waals surface area contributed by atoms with E-state index >= 15 is 0 Å². The molecule has 0 bridgehead atoms. The molecule has 1 heterocycles. The van der Waals surface area contributed by atoms with Crippen LogP contribution in [0.2, 0.25) is 0 Å². The van der Waals surface area contributed by atoms with Gasteiger partial charge < -0.3 is 5.32 Å². The van der Waals surface area contributed by atoms with Crippen LogP contribution in [0.5, 0.6) is 0 Å². The first-order chi connectivity index (χ1) is 9.58. The number of hydrogen-bond acceptors (Lipinski definition) is 4. The molecule has 0 atom stereocenters. The lowest BCUT2D eigenvalue weighted by Crippen LogP contribution is -2.40. The molecule has 6 heteroatoms. The summed E-state index contributed by atoms with van der Waals surface area (Å²) in [6.45, 7) is 1.57. The summed E-state index contributed by atoms with van der Waals surface area (Å²) in [7, 11) is 0. The van der Waals surface area contributed by atoms with Crippen LogP contribution >= 0.6 is 0 Å². The molecule has 0 saturated heterocycles. The molecule has 1 aliphatic heterocycles. The molecule has 1 N–H and O–H groups in total. The van der Waals surface area contributed by atoms with Crippen molar-refractivity contribution in [2.45, 2.75) is 13.3 Å². The van der Waals surface area contributed by atoms with Gasteiger partial charge >= 0.3 is 0 Å². The number of fused-ring (bicyclic) bond motifs is 1. The average Bonchev–Trinajstić information content (AvgIpc) is 2.69. The number of Topliss-reactive ketones (excluding diaryl/α,β-unsaturated/α-hetero) is 1. The zero-order valence-electron chi connectivity index (χ0n) is 11.0. The van der Waals surface area contributed by atoms with Crippen LogP contribution in [-0.4, -0.2) is 30.7 Å². The van der Waals surface area contributed by atoms with Gasteiger partial charge in [0.1, 0.15) is 13.1 Å². The standard InChI is InChI=1S/C14H13N3O3/c1-2-9-3-4-11-10(7-9)13(19)14(20)17(11)8-12(18)16-6-5-15/h3-4,7H,2,6,8H2,1H3,(H,16,18). The van der Waals surface area contributed by atoms with Crippen molar-refractivity contribution in [3.8, 4) is 6.07 Å². The second-order valence-electron chi connectivity index (χ2n) is 4.36. The summed E-state index contributed by atoms with van der Waals surface area (Å²) in [5.74, 6) is -1.77. The molecule has 102 valence electrons. The van der Waals surface area contributed by atoms with Crippen molar-refractivity contribution in [3.05, 3.63) is 29.3 Å². The van der Waals surface area contributed by atoms with Gasteiger partial charge in [-0.05, 0) is 24.1 Å². The fraction of sp³-hybridized carbons (Fsp3) is 0.286. The third-order valence-corrected chi connectivity index (χ3v) is 3.11. The van der Waals surface area contributed by atoms with Crippen molar-refractivity contribution < 1.29 is 14.4 Å². The van der Waals surface area contributed by atoms with Crippen molar-refractivity contribution in [2.75, 3.05) is 18.0 Å². The summed E-state index contributed by atoms with van der Waals surface area (Å²) < 4.78 is 0. The van der Waals surface area contributed by atoms with Gasteiger partial charge in [-0.3, -0.25) is 19.3 Å². The fourth-order valence-electron chi connectivity index (χ4n) is 2.06. The second kappa shape index (κ2) is 5.53. The quantitative estimate of drug-likeness (QED) is 0.634. The smallest absolute Gasteiger partial charge is 0.299 e. The number of nitrogens with zero attached hydrogens (tertiary/aromatic N) is 2. The largest absolute Gasteiger partial charge is 0.341 e. The van der Waals surface area contributed by atoms with Gasteiger partial charge in [-0.2, -0.15) is 5.26 Å². The molecule has 1 aliphatic rings. The van der Waals surface area contributed by atoms with Crippen LogP contribution in [0.4, 0.5) is 5.69 Å². The van der Waals surface area contributed by atoms with E-state index in [1.807, 2.05) is 13.0 Å². The lowest BCUT2D eigenvalue weighted by Gasteiger charge is -2.15. The number of nitrogens with one attached hydrogen (secondary N) is 1. The third kappa shape index (κ3) is 2.38. The number of ketones is 1. The monoisotopic (exact) mass is 271 g/mol. The highest BCUT2D eigenvalue weighted by Gasteiger charge is 2.36. The number of benzene rings is 1. The van der Waals surface area contributed by atoms with Gasteiger partial charge in [-0.15, -0.1) is 0 Å². The van der Waals surface area contributed by atoms with Gasteiger partial charge in [0.05, 0.1) is 17.3 Å². The Hall–Kier alpha value is -2.68. The Kier molecular flexibility index (Phi) is 3.80. The van der Waals surface area contributed by atoms with E-state index in [0.717, 1.165) is 16.9 Å². The summed E-state index contributed by atoms with van der Waals surface area (Å²) in [5.41, 5.74) is 1.74. The Bertz CT molecular complexity index is 631. The van der Waals surface area contributed by atoms with Crippen LogP contribution in [0, 0.1) is 11.3 Å². The molecular formula is C14H13N3O3. The number of carbonyl (C=O) groups is 3. The van der Waals surface area contributed by atoms with Gasteiger partial charge in [0, 0.05) is 0 Å². The summed E-state index contributed by atoms with van der Waals surface area (Å²) >= 11 is 0. The minimum absolute atomic E-state index is 0.129. The number of hydrogen-bond donors (Lipinski definition) is 1. The SMILES string of the molecule is CCc1ccc2c(c1)C(=O)C(=O)N2CC(=O)NCC#N. The average molecular weight is 271 g/mol. The first-order valence-corrected chi connectivity index (χ1v) is 6.21. The molecule has 2 amide bonds. The minimum Gasteiger partial charge on any atom is -0.341 e. The predicted molar refractivity (Wildman–Crippen MR) is 71.1 cm³/mol. The molecule has 0 aromatic heterocycles. The Morgan fingerprint density at radius 1 is 1.40 bits per heavy atom. The molecule has 0 aliphatic carbocycles. The zero-order chi connectivity index (χ0) is 14.7. The minimum atomic E-state index is -0.708. The highest BCUT2D eigenvalue weighted by molar-refractivity contribution is 6.52. The first kappa shape index (κ1) is 13.7. The van der Waals surface area contributed by atoms with E-state index in [4.69, 9.17) is 5.26 Å². The zero-order valence-corrected chi connectivity index (χ0v) is 11.0. The van der Waals surface area contributed by atoms with Gasteiger partial charge in [0.2, 0.25) is 5.91 Å². The summed E-state index contributed by atoms with van der Waals surface area (Å²) in [6.07, 6.45) is 0.761. The van der Waals surface area contributed by atoms with Crippen LogP contribution in [0.3, 0.4) is 0 Å². The molecule has 2 rings (SSSR count). The normalized spacial score (nSPS) is 13.1. The van der Waals surface area contributed by atoms with E-state index in [9.17, 15) is 14.4 Å². The topological polar surface area (TPSA) is 90.3 Å². The molecule has 0 saturated carbocycles. The lowest BCUT2D eigenvalue weighted by molar-refractivity contribution is -0.121. The first-order valence-electron chi connectivity index (χ1n) is 6.21. The van der Waals surface area contributed by atoms with E-state index in [0.29, 0.717) is 11.3 Å². The fourth-order valence-corrected chi connectivity index (χ4v) is 2.06. The Balaban J connectivity index is 2.25. The molecule has 0 fully saturated rings. The molecule has 20 heavy (non-hydrogen) atoms. The van der Waals surface area contributed by atoms with Crippen LogP contribution in [-0.2, 0) is 16.0 Å². The van der Waals surface area contributed by atoms with Crippen LogP contribution < -0.4 is 10.2 Å². The molecule has 1 aromatic carbocycles. The number of nitriles is 1. The molecule has 1 aromatic rings. The number of rotatable bonds is 4. The summed E-state index contributed by atoms with van der Waals surface area (Å²) in [5, 5.41) is 10.7. The molecule has 0 unspecified atom stereocenters. The van der Waals surface area contributed by atoms with E-state index in [1.165, 1.54) is 0 Å². The molecule has 0 radical (unpaired) electrons. The van der Waals surface area contributed by atoms with Crippen molar-refractivity contribution in [2.24, 2.45) is 0 Å². The van der Waals surface area contributed by atoms with Gasteiger partial charge in [0.25, 0.3) is 11.7 Å². The van der Waals surface area contributed by atoms with Crippen LogP contribution in [0.25, 0.3) is 0 Å². The van der Waals surface area contributed by atoms with Gasteiger partial charge in [-0.1, -0.05) is 13.0 Å². The number of amides is 2. The third-order valence-electron chi connectivity index (χ3n) is 3.11. The summed E-state index contributed by atoms with van der Waals surface area (Å²) in [4.78, 5) is 36.5. The lowest BCUT2D eigenvalue weighted by atomic mass is 10.1. The van der Waals surface area contributed by atoms with E-state index in [1.54, 1.807) is 18.2 Å². The maximum atomic E-state index is 11.9.